The van der Waals surface area contributed by atoms with Gasteiger partial charge in [0.05, 0.1) is 17.8 Å². The monoisotopic (exact) mass is 565 g/mol. The van der Waals surface area contributed by atoms with Gasteiger partial charge < -0.3 is 20.6 Å². The minimum absolute atomic E-state index is 0.0238. The van der Waals surface area contributed by atoms with Crippen molar-refractivity contribution < 1.29 is 51.3 Å². The second-order valence-electron chi connectivity index (χ2n) is 9.17. The number of piperidine rings is 1. The normalized spacial score (nSPS) is 19.8. The molecule has 4 rings (SSSR count). The SMILES string of the molecule is Cc1cccnc1CN(C)[C@@H]1c2ccccc2C2(CCNCC2)[C@H]1O.O=C(O)C(F)(F)F.O=C(O)C(F)(F)F. The first-order chi connectivity index (χ1) is 18.0. The number of aromatic nitrogens is 1. The van der Waals surface area contributed by atoms with Crippen molar-refractivity contribution in [2.75, 3.05) is 20.1 Å². The molecule has 14 heteroatoms. The average Bonchev–Trinajstić information content (AvgIpc) is 3.08. The molecule has 1 spiro atoms. The molecule has 2 aromatic rings. The summed E-state index contributed by atoms with van der Waals surface area (Å²) in [6.07, 6.45) is -6.69. The Labute approximate surface area is 220 Å². The highest BCUT2D eigenvalue weighted by molar-refractivity contribution is 5.73. The molecule has 0 saturated carbocycles. The number of aliphatic carboxylic acids is 2. The molecule has 1 saturated heterocycles. The number of halogens is 6. The van der Waals surface area contributed by atoms with Gasteiger partial charge in [-0.3, -0.25) is 9.88 Å². The van der Waals surface area contributed by atoms with E-state index in [2.05, 4.69) is 59.5 Å². The molecule has 2 atom stereocenters. The van der Waals surface area contributed by atoms with Gasteiger partial charge in [-0.05, 0) is 62.7 Å². The molecule has 1 fully saturated rings. The molecule has 0 amide bonds. The van der Waals surface area contributed by atoms with Crippen LogP contribution >= 0.6 is 0 Å². The van der Waals surface area contributed by atoms with Gasteiger partial charge in [0.2, 0.25) is 0 Å². The van der Waals surface area contributed by atoms with Crippen molar-refractivity contribution in [3.8, 4) is 0 Å². The number of aliphatic hydroxyl groups excluding tert-OH is 1. The first-order valence-electron chi connectivity index (χ1n) is 11.7. The first-order valence-corrected chi connectivity index (χ1v) is 11.7. The molecule has 1 aromatic carbocycles. The molecule has 8 nitrogen and oxygen atoms in total. The highest BCUT2D eigenvalue weighted by Gasteiger charge is 2.52. The number of carboxylic acid groups (broad SMARTS) is 2. The van der Waals surface area contributed by atoms with Crippen LogP contribution in [0.25, 0.3) is 0 Å². The largest absolute Gasteiger partial charge is 0.490 e. The number of pyridine rings is 1. The van der Waals surface area contributed by atoms with Gasteiger partial charge in [0.15, 0.2) is 0 Å². The van der Waals surface area contributed by atoms with Crippen LogP contribution in [0.15, 0.2) is 42.6 Å². The molecule has 0 unspecified atom stereocenters. The lowest BCUT2D eigenvalue weighted by atomic mass is 9.72. The van der Waals surface area contributed by atoms with Crippen molar-refractivity contribution in [2.24, 2.45) is 0 Å². The Morgan fingerprint density at radius 3 is 2.00 bits per heavy atom. The highest BCUT2D eigenvalue weighted by Crippen LogP contribution is 2.51. The van der Waals surface area contributed by atoms with E-state index >= 15 is 0 Å². The summed E-state index contributed by atoms with van der Waals surface area (Å²) >= 11 is 0. The molecular weight excluding hydrogens is 536 g/mol. The van der Waals surface area contributed by atoms with Crippen LogP contribution in [0.3, 0.4) is 0 Å². The van der Waals surface area contributed by atoms with Crippen LogP contribution in [-0.2, 0) is 21.5 Å². The van der Waals surface area contributed by atoms with E-state index in [4.69, 9.17) is 19.8 Å². The highest BCUT2D eigenvalue weighted by atomic mass is 19.4. The van der Waals surface area contributed by atoms with Gasteiger partial charge in [0.1, 0.15) is 0 Å². The van der Waals surface area contributed by atoms with Crippen LogP contribution < -0.4 is 5.32 Å². The van der Waals surface area contributed by atoms with Crippen molar-refractivity contribution in [3.63, 3.8) is 0 Å². The smallest absolute Gasteiger partial charge is 0.475 e. The van der Waals surface area contributed by atoms with Gasteiger partial charge in [0.25, 0.3) is 0 Å². The molecule has 1 aliphatic carbocycles. The molecular formula is C25H29F6N3O5. The summed E-state index contributed by atoms with van der Waals surface area (Å²) in [5.41, 5.74) is 4.80. The summed E-state index contributed by atoms with van der Waals surface area (Å²) in [6, 6.07) is 12.7. The van der Waals surface area contributed by atoms with Crippen LogP contribution in [0.1, 0.15) is 41.3 Å². The van der Waals surface area contributed by atoms with E-state index < -0.39 is 24.3 Å². The Morgan fingerprint density at radius 1 is 1.00 bits per heavy atom. The Hall–Kier alpha value is -3.23. The van der Waals surface area contributed by atoms with Crippen molar-refractivity contribution in [1.29, 1.82) is 0 Å². The second-order valence-corrected chi connectivity index (χ2v) is 9.17. The molecule has 39 heavy (non-hydrogen) atoms. The molecule has 2 heterocycles. The summed E-state index contributed by atoms with van der Waals surface area (Å²) in [5.74, 6) is -5.51. The van der Waals surface area contributed by atoms with E-state index in [1.165, 1.54) is 16.7 Å². The van der Waals surface area contributed by atoms with E-state index in [1.807, 2.05) is 12.3 Å². The fourth-order valence-corrected chi connectivity index (χ4v) is 4.77. The molecule has 1 aromatic heterocycles. The number of likely N-dealkylation sites (N-methyl/N-ethyl adjacent to an activating group) is 1. The third-order valence-corrected chi connectivity index (χ3v) is 6.65. The summed E-state index contributed by atoms with van der Waals surface area (Å²) in [6.45, 7) is 4.79. The first kappa shape index (κ1) is 32.0. The van der Waals surface area contributed by atoms with Gasteiger partial charge in [-0.15, -0.1) is 0 Å². The number of hydrogen-bond acceptors (Lipinski definition) is 6. The van der Waals surface area contributed by atoms with Gasteiger partial charge in [-0.2, -0.15) is 26.3 Å². The quantitative estimate of drug-likeness (QED) is 0.415. The maximum Gasteiger partial charge on any atom is 0.490 e. The number of hydrogen-bond donors (Lipinski definition) is 4. The van der Waals surface area contributed by atoms with Crippen molar-refractivity contribution in [2.45, 2.75) is 56.2 Å². The maximum absolute atomic E-state index is 11.4. The van der Waals surface area contributed by atoms with E-state index in [9.17, 15) is 31.4 Å². The minimum atomic E-state index is -5.08. The molecule has 0 radical (unpaired) electrons. The second kappa shape index (κ2) is 12.7. The molecule has 1 aliphatic heterocycles. The Kier molecular flexibility index (Phi) is 10.5. The number of rotatable bonds is 3. The molecule has 2 aliphatic rings. The zero-order valence-electron chi connectivity index (χ0n) is 21.1. The Morgan fingerprint density at radius 2 is 1.51 bits per heavy atom. The number of aryl methyl sites for hydroxylation is 1. The number of alkyl halides is 6. The van der Waals surface area contributed by atoms with Crippen molar-refractivity contribution in [1.82, 2.24) is 15.2 Å². The number of carboxylic acids is 2. The van der Waals surface area contributed by atoms with E-state index in [0.29, 0.717) is 0 Å². The van der Waals surface area contributed by atoms with E-state index in [0.717, 1.165) is 38.2 Å². The van der Waals surface area contributed by atoms with Crippen molar-refractivity contribution in [3.05, 3.63) is 65.0 Å². The van der Waals surface area contributed by atoms with Gasteiger partial charge in [-0.25, -0.2) is 9.59 Å². The number of nitrogens with one attached hydrogen (secondary N) is 1. The van der Waals surface area contributed by atoms with Crippen LogP contribution in [0.2, 0.25) is 0 Å². The maximum atomic E-state index is 11.4. The fraction of sp³-hybridized carbons (Fsp3) is 0.480. The average molecular weight is 566 g/mol. The van der Waals surface area contributed by atoms with Gasteiger partial charge in [-0.1, -0.05) is 30.3 Å². The van der Waals surface area contributed by atoms with E-state index in [-0.39, 0.29) is 17.6 Å². The summed E-state index contributed by atoms with van der Waals surface area (Å²) in [4.78, 5) is 24.6. The van der Waals surface area contributed by atoms with Gasteiger partial charge >= 0.3 is 24.3 Å². The third kappa shape index (κ3) is 7.90. The Bertz CT molecular complexity index is 1110. The van der Waals surface area contributed by atoms with Crippen LogP contribution in [0.5, 0.6) is 0 Å². The Balaban J connectivity index is 0.000000317. The predicted molar refractivity (Wildman–Crippen MR) is 127 cm³/mol. The lowest BCUT2D eigenvalue weighted by Crippen LogP contribution is -2.48. The van der Waals surface area contributed by atoms with Crippen LogP contribution in [0.4, 0.5) is 26.3 Å². The minimum Gasteiger partial charge on any atom is -0.475 e. The van der Waals surface area contributed by atoms with Crippen molar-refractivity contribution >= 4 is 11.9 Å². The van der Waals surface area contributed by atoms with E-state index in [1.54, 1.807) is 0 Å². The number of fused-ring (bicyclic) bond motifs is 2. The lowest BCUT2D eigenvalue weighted by Gasteiger charge is -2.40. The summed E-state index contributed by atoms with van der Waals surface area (Å²) in [7, 11) is 2.11. The number of aliphatic hydroxyl groups is 1. The number of benzene rings is 1. The molecule has 216 valence electrons. The van der Waals surface area contributed by atoms with Gasteiger partial charge in [0, 0.05) is 18.2 Å². The lowest BCUT2D eigenvalue weighted by molar-refractivity contribution is -0.193. The summed E-state index contributed by atoms with van der Waals surface area (Å²) < 4.78 is 63.5. The number of carbonyl (C=O) groups is 2. The van der Waals surface area contributed by atoms with Crippen LogP contribution in [-0.4, -0.2) is 75.7 Å². The molecule has 0 bridgehead atoms. The zero-order chi connectivity index (χ0) is 29.6. The standard InChI is InChI=1S/C21H27N3O.2C2HF3O2/c1-15-6-5-11-23-18(15)14-24(2)19-16-7-3-4-8-17(16)21(20(19)25)9-12-22-13-10-21;2*3-2(4,5)1(6)7/h3-8,11,19-20,22,25H,9-10,12-14H2,1-2H3;2*(H,6,7)/t19-,20+;;/m1../s1. The molecule has 4 N–H and O–H groups in total. The zero-order valence-corrected chi connectivity index (χ0v) is 21.1. The number of nitrogens with zero attached hydrogens (tertiary/aromatic N) is 2. The fourth-order valence-electron chi connectivity index (χ4n) is 4.77. The van der Waals surface area contributed by atoms with Crippen LogP contribution in [0, 0.1) is 6.92 Å². The topological polar surface area (TPSA) is 123 Å². The summed E-state index contributed by atoms with van der Waals surface area (Å²) in [5, 5.41) is 29.1. The predicted octanol–water partition coefficient (Wildman–Crippen LogP) is 3.83. The third-order valence-electron chi connectivity index (χ3n) is 6.65.